The van der Waals surface area contributed by atoms with Crippen LogP contribution in [0.1, 0.15) is 17.2 Å². The summed E-state index contributed by atoms with van der Waals surface area (Å²) in [6.07, 6.45) is -5.09. The predicted molar refractivity (Wildman–Crippen MR) is 79.6 cm³/mol. The molecular formula is C17H14F3NO3. The molecule has 0 aromatic heterocycles. The summed E-state index contributed by atoms with van der Waals surface area (Å²) in [5.41, 5.74) is 0.882. The SMILES string of the molecule is O=C(OCc1ccccc1)[C@@H](NC(=O)C(F)(F)F)c1ccccc1. The van der Waals surface area contributed by atoms with E-state index < -0.39 is 24.1 Å². The summed E-state index contributed by atoms with van der Waals surface area (Å²) in [5.74, 6) is -3.17. The van der Waals surface area contributed by atoms with E-state index >= 15 is 0 Å². The number of hydrogen-bond acceptors (Lipinski definition) is 3. The number of rotatable bonds is 5. The van der Waals surface area contributed by atoms with Gasteiger partial charge < -0.3 is 10.1 Å². The van der Waals surface area contributed by atoms with Gasteiger partial charge in [0.25, 0.3) is 0 Å². The van der Waals surface area contributed by atoms with Gasteiger partial charge in [-0.05, 0) is 11.1 Å². The molecule has 1 amide bonds. The van der Waals surface area contributed by atoms with Crippen LogP contribution in [0.15, 0.2) is 60.7 Å². The summed E-state index contributed by atoms with van der Waals surface area (Å²) in [4.78, 5) is 23.4. The van der Waals surface area contributed by atoms with Crippen LogP contribution in [0, 0.1) is 0 Å². The molecule has 0 aliphatic rings. The summed E-state index contributed by atoms with van der Waals surface area (Å²) in [6, 6.07) is 14.7. The molecule has 0 spiro atoms. The third kappa shape index (κ3) is 4.84. The van der Waals surface area contributed by atoms with Crippen molar-refractivity contribution in [3.8, 4) is 0 Å². The minimum Gasteiger partial charge on any atom is -0.459 e. The Morgan fingerprint density at radius 2 is 1.50 bits per heavy atom. The first kappa shape index (κ1) is 17.5. The molecule has 0 saturated carbocycles. The Labute approximate surface area is 136 Å². The molecule has 2 aromatic rings. The first-order valence-corrected chi connectivity index (χ1v) is 7.01. The van der Waals surface area contributed by atoms with Crippen molar-refractivity contribution in [3.63, 3.8) is 0 Å². The maximum atomic E-state index is 12.5. The first-order chi connectivity index (χ1) is 11.4. The van der Waals surface area contributed by atoms with Crippen molar-refractivity contribution in [2.45, 2.75) is 18.8 Å². The number of esters is 1. The van der Waals surface area contributed by atoms with Crippen molar-refractivity contribution >= 4 is 11.9 Å². The molecule has 0 fully saturated rings. The van der Waals surface area contributed by atoms with E-state index in [4.69, 9.17) is 4.74 Å². The lowest BCUT2D eigenvalue weighted by Crippen LogP contribution is -2.42. The van der Waals surface area contributed by atoms with E-state index in [-0.39, 0.29) is 12.2 Å². The molecule has 0 aliphatic heterocycles. The zero-order valence-corrected chi connectivity index (χ0v) is 12.4. The number of carbonyl (C=O) groups excluding carboxylic acids is 2. The maximum absolute atomic E-state index is 12.5. The van der Waals surface area contributed by atoms with Crippen LogP contribution in [0.2, 0.25) is 0 Å². The highest BCUT2D eigenvalue weighted by Gasteiger charge is 2.41. The van der Waals surface area contributed by atoms with E-state index in [0.717, 1.165) is 0 Å². The Balaban J connectivity index is 2.13. The van der Waals surface area contributed by atoms with Crippen molar-refractivity contribution in [1.82, 2.24) is 5.32 Å². The van der Waals surface area contributed by atoms with Crippen LogP contribution in [-0.2, 0) is 20.9 Å². The Hall–Kier alpha value is -2.83. The first-order valence-electron chi connectivity index (χ1n) is 7.01. The summed E-state index contributed by atoms with van der Waals surface area (Å²) in [5, 5.41) is 1.67. The maximum Gasteiger partial charge on any atom is 0.471 e. The van der Waals surface area contributed by atoms with Crippen LogP contribution in [0.3, 0.4) is 0 Å². The second-order valence-corrected chi connectivity index (χ2v) is 4.91. The van der Waals surface area contributed by atoms with Gasteiger partial charge in [0.2, 0.25) is 0 Å². The fourth-order valence-corrected chi connectivity index (χ4v) is 1.95. The minimum absolute atomic E-state index is 0.106. The lowest BCUT2D eigenvalue weighted by atomic mass is 10.1. The Kier molecular flexibility index (Phi) is 5.57. The average molecular weight is 337 g/mol. The number of benzene rings is 2. The van der Waals surface area contributed by atoms with Crippen LogP contribution in [-0.4, -0.2) is 18.1 Å². The molecule has 24 heavy (non-hydrogen) atoms. The third-order valence-corrected chi connectivity index (χ3v) is 3.13. The summed E-state index contributed by atoms with van der Waals surface area (Å²) >= 11 is 0. The molecule has 0 aliphatic carbocycles. The van der Waals surface area contributed by atoms with Gasteiger partial charge in [-0.1, -0.05) is 60.7 Å². The van der Waals surface area contributed by atoms with Gasteiger partial charge in [-0.25, -0.2) is 4.79 Å². The molecule has 0 saturated heterocycles. The van der Waals surface area contributed by atoms with Gasteiger partial charge in [0.05, 0.1) is 0 Å². The highest BCUT2D eigenvalue weighted by atomic mass is 19.4. The standard InChI is InChI=1S/C17H14F3NO3/c18-17(19,20)16(23)21-14(13-9-5-2-6-10-13)15(22)24-11-12-7-3-1-4-8-12/h1-10,14H,11H2,(H,21,23)/t14-/m0/s1. The molecular weight excluding hydrogens is 323 g/mol. The van der Waals surface area contributed by atoms with Gasteiger partial charge in [0.1, 0.15) is 6.61 Å². The number of carbonyl (C=O) groups is 2. The highest BCUT2D eigenvalue weighted by molar-refractivity contribution is 5.88. The lowest BCUT2D eigenvalue weighted by molar-refractivity contribution is -0.176. The molecule has 1 atom stereocenters. The van der Waals surface area contributed by atoms with E-state index in [2.05, 4.69) is 0 Å². The molecule has 2 rings (SSSR count). The molecule has 0 bridgehead atoms. The van der Waals surface area contributed by atoms with E-state index in [1.807, 2.05) is 0 Å². The number of hydrogen-bond donors (Lipinski definition) is 1. The van der Waals surface area contributed by atoms with Gasteiger partial charge in [0, 0.05) is 0 Å². The summed E-state index contributed by atoms with van der Waals surface area (Å²) in [7, 11) is 0. The molecule has 0 heterocycles. The lowest BCUT2D eigenvalue weighted by Gasteiger charge is -2.19. The van der Waals surface area contributed by atoms with Crippen LogP contribution < -0.4 is 5.32 Å². The predicted octanol–water partition coefficient (Wildman–Crippen LogP) is 3.15. The normalized spacial score (nSPS) is 12.3. The Morgan fingerprint density at radius 1 is 0.958 bits per heavy atom. The van der Waals surface area contributed by atoms with Crippen LogP contribution in [0.25, 0.3) is 0 Å². The number of ether oxygens (including phenoxy) is 1. The zero-order valence-electron chi connectivity index (χ0n) is 12.4. The van der Waals surface area contributed by atoms with Crippen molar-refractivity contribution in [2.24, 2.45) is 0 Å². The summed E-state index contributed by atoms with van der Waals surface area (Å²) in [6.45, 7) is -0.106. The number of halogens is 3. The van der Waals surface area contributed by atoms with E-state index in [1.54, 1.807) is 53.8 Å². The highest BCUT2D eigenvalue weighted by Crippen LogP contribution is 2.20. The van der Waals surface area contributed by atoms with Gasteiger partial charge in [-0.15, -0.1) is 0 Å². The quantitative estimate of drug-likeness (QED) is 0.853. The number of alkyl halides is 3. The molecule has 0 radical (unpaired) electrons. The van der Waals surface area contributed by atoms with E-state index in [9.17, 15) is 22.8 Å². The molecule has 7 heteroatoms. The second-order valence-electron chi connectivity index (χ2n) is 4.91. The molecule has 2 aromatic carbocycles. The van der Waals surface area contributed by atoms with Gasteiger partial charge in [-0.3, -0.25) is 4.79 Å². The van der Waals surface area contributed by atoms with Crippen LogP contribution in [0.5, 0.6) is 0 Å². The monoisotopic (exact) mass is 337 g/mol. The van der Waals surface area contributed by atoms with Crippen molar-refractivity contribution in [3.05, 3.63) is 71.8 Å². The zero-order chi connectivity index (χ0) is 17.6. The summed E-state index contributed by atoms with van der Waals surface area (Å²) < 4.78 is 42.5. The second kappa shape index (κ2) is 7.63. The number of nitrogens with one attached hydrogen (secondary N) is 1. The fourth-order valence-electron chi connectivity index (χ4n) is 1.95. The Bertz CT molecular complexity index is 687. The third-order valence-electron chi connectivity index (χ3n) is 3.13. The largest absolute Gasteiger partial charge is 0.471 e. The fraction of sp³-hybridized carbons (Fsp3) is 0.176. The Morgan fingerprint density at radius 3 is 2.04 bits per heavy atom. The van der Waals surface area contributed by atoms with E-state index in [1.165, 1.54) is 12.1 Å². The minimum atomic E-state index is -5.09. The topological polar surface area (TPSA) is 55.4 Å². The molecule has 4 nitrogen and oxygen atoms in total. The van der Waals surface area contributed by atoms with Crippen LogP contribution >= 0.6 is 0 Å². The van der Waals surface area contributed by atoms with E-state index in [0.29, 0.717) is 5.56 Å². The average Bonchev–Trinajstić information content (AvgIpc) is 2.58. The van der Waals surface area contributed by atoms with Crippen molar-refractivity contribution in [1.29, 1.82) is 0 Å². The van der Waals surface area contributed by atoms with Gasteiger partial charge in [-0.2, -0.15) is 13.2 Å². The van der Waals surface area contributed by atoms with Crippen LogP contribution in [0.4, 0.5) is 13.2 Å². The molecule has 1 N–H and O–H groups in total. The van der Waals surface area contributed by atoms with Gasteiger partial charge in [0.15, 0.2) is 6.04 Å². The molecule has 0 unspecified atom stereocenters. The smallest absolute Gasteiger partial charge is 0.459 e. The number of amides is 1. The van der Waals surface area contributed by atoms with Crippen molar-refractivity contribution in [2.75, 3.05) is 0 Å². The molecule has 126 valence electrons. The van der Waals surface area contributed by atoms with Crippen molar-refractivity contribution < 1.29 is 27.5 Å². The van der Waals surface area contributed by atoms with Gasteiger partial charge >= 0.3 is 18.1 Å².